The van der Waals surface area contributed by atoms with E-state index in [1.165, 1.54) is 26.2 Å². The topological polar surface area (TPSA) is 69.6 Å². The van der Waals surface area contributed by atoms with Gasteiger partial charge in [-0.05, 0) is 44.2 Å². The molecule has 5 nitrogen and oxygen atoms in total. The van der Waals surface area contributed by atoms with Crippen LogP contribution in [0.25, 0.3) is 0 Å². The van der Waals surface area contributed by atoms with Crippen LogP contribution in [0.2, 0.25) is 0 Å². The minimum absolute atomic E-state index is 0.0252. The summed E-state index contributed by atoms with van der Waals surface area (Å²) in [7, 11) is 0. The number of aliphatic hydroxyl groups is 1. The molecule has 0 spiro atoms. The fraction of sp³-hybridized carbons (Fsp3) is 0.579. The molecule has 5 heteroatoms. The zero-order valence-corrected chi connectivity index (χ0v) is 14.2. The van der Waals surface area contributed by atoms with E-state index in [4.69, 9.17) is 0 Å². The first kappa shape index (κ1) is 17.0. The Morgan fingerprint density at radius 1 is 1.21 bits per heavy atom. The molecule has 2 N–H and O–H groups in total. The van der Waals surface area contributed by atoms with E-state index < -0.39 is 6.10 Å². The smallest absolute Gasteiger partial charge is 0.322 e. The van der Waals surface area contributed by atoms with Crippen LogP contribution < -0.4 is 5.32 Å². The maximum absolute atomic E-state index is 12.7. The number of benzene rings is 1. The van der Waals surface area contributed by atoms with Gasteiger partial charge in [0.2, 0.25) is 0 Å². The molecule has 1 aliphatic carbocycles. The molecule has 1 saturated heterocycles. The van der Waals surface area contributed by atoms with Crippen LogP contribution in [0.3, 0.4) is 0 Å². The van der Waals surface area contributed by atoms with Crippen molar-refractivity contribution < 1.29 is 14.7 Å². The van der Waals surface area contributed by atoms with Crippen molar-refractivity contribution in [1.29, 1.82) is 0 Å². The lowest BCUT2D eigenvalue weighted by Crippen LogP contribution is -2.43. The average molecular weight is 330 g/mol. The number of nitrogens with zero attached hydrogens (tertiary/aromatic N) is 1. The monoisotopic (exact) mass is 330 g/mol. The number of rotatable bonds is 3. The summed E-state index contributed by atoms with van der Waals surface area (Å²) in [6.45, 7) is 1.90. The molecule has 3 rings (SSSR count). The Morgan fingerprint density at radius 2 is 1.96 bits per heavy atom. The van der Waals surface area contributed by atoms with Gasteiger partial charge in [0.25, 0.3) is 0 Å². The van der Waals surface area contributed by atoms with Crippen LogP contribution in [0.15, 0.2) is 24.3 Å². The quantitative estimate of drug-likeness (QED) is 0.834. The van der Waals surface area contributed by atoms with Gasteiger partial charge >= 0.3 is 6.03 Å². The lowest BCUT2D eigenvalue weighted by molar-refractivity contribution is 0.101. The summed E-state index contributed by atoms with van der Waals surface area (Å²) < 4.78 is 0. The minimum atomic E-state index is -0.439. The maximum Gasteiger partial charge on any atom is 0.322 e. The van der Waals surface area contributed by atoms with Crippen LogP contribution in [0, 0.1) is 5.92 Å². The number of Topliss-reactive ketones (excluding diaryl/α,β-unsaturated/α-hetero) is 1. The van der Waals surface area contributed by atoms with Crippen molar-refractivity contribution >= 4 is 17.5 Å². The number of nitrogens with one attached hydrogen (secondary N) is 1. The Hall–Kier alpha value is -1.88. The first-order valence-electron chi connectivity index (χ1n) is 8.91. The number of aliphatic hydroxyl groups excluding tert-OH is 1. The minimum Gasteiger partial charge on any atom is -0.391 e. The molecule has 24 heavy (non-hydrogen) atoms. The molecule has 0 bridgehead atoms. The summed E-state index contributed by atoms with van der Waals surface area (Å²) in [6.07, 6.45) is 6.22. The third-order valence-corrected chi connectivity index (χ3v) is 5.30. The van der Waals surface area contributed by atoms with Crippen LogP contribution in [-0.4, -0.2) is 40.5 Å². The lowest BCUT2D eigenvalue weighted by Gasteiger charge is -2.33. The zero-order chi connectivity index (χ0) is 17.1. The number of likely N-dealkylation sites (tertiary alicyclic amines) is 1. The van der Waals surface area contributed by atoms with Crippen LogP contribution in [0.5, 0.6) is 0 Å². The number of amides is 2. The van der Waals surface area contributed by atoms with Crippen molar-refractivity contribution in [2.45, 2.75) is 57.6 Å². The number of urea groups is 1. The SMILES string of the molecule is CC(=O)c1cccc(NC(=O)N2C[C@@H](O)C[C@H]2C2CCCCC2)c1. The molecule has 0 unspecified atom stereocenters. The van der Waals surface area contributed by atoms with Crippen molar-refractivity contribution in [2.75, 3.05) is 11.9 Å². The first-order valence-corrected chi connectivity index (χ1v) is 8.91. The average Bonchev–Trinajstić information content (AvgIpc) is 2.98. The Kier molecular flexibility index (Phi) is 5.19. The molecule has 2 atom stereocenters. The maximum atomic E-state index is 12.7. The number of ketones is 1. The summed E-state index contributed by atoms with van der Waals surface area (Å²) in [5.41, 5.74) is 1.20. The summed E-state index contributed by atoms with van der Waals surface area (Å²) in [6, 6.07) is 6.93. The number of hydrogen-bond donors (Lipinski definition) is 2. The molecular weight excluding hydrogens is 304 g/mol. The highest BCUT2D eigenvalue weighted by atomic mass is 16.3. The normalized spacial score (nSPS) is 24.8. The standard InChI is InChI=1S/C19H26N2O3/c1-13(22)15-8-5-9-16(10-15)20-19(24)21-12-17(23)11-18(21)14-6-3-2-4-7-14/h5,8-10,14,17-18,23H,2-4,6-7,11-12H2,1H3,(H,20,24)/t17-,18-/m0/s1. The number of β-amino-alcohol motifs (C(OH)–C–C–N with tert-alkyl or cyclic N) is 1. The molecule has 1 aromatic carbocycles. The molecule has 1 aliphatic heterocycles. The highest BCUT2D eigenvalue weighted by Gasteiger charge is 2.39. The van der Waals surface area contributed by atoms with Crippen LogP contribution >= 0.6 is 0 Å². The van der Waals surface area contributed by atoms with Crippen LogP contribution in [0.4, 0.5) is 10.5 Å². The predicted molar refractivity (Wildman–Crippen MR) is 93.2 cm³/mol. The molecule has 2 fully saturated rings. The molecular formula is C19H26N2O3. The van der Waals surface area contributed by atoms with E-state index in [2.05, 4.69) is 5.32 Å². The molecule has 2 amide bonds. The van der Waals surface area contributed by atoms with Crippen molar-refractivity contribution in [1.82, 2.24) is 4.90 Å². The van der Waals surface area contributed by atoms with Crippen molar-refractivity contribution in [3.05, 3.63) is 29.8 Å². The molecule has 0 radical (unpaired) electrons. The van der Waals surface area contributed by atoms with E-state index in [9.17, 15) is 14.7 Å². The van der Waals surface area contributed by atoms with E-state index in [1.807, 2.05) is 0 Å². The van der Waals surface area contributed by atoms with Crippen LogP contribution in [0.1, 0.15) is 55.8 Å². The van der Waals surface area contributed by atoms with E-state index in [0.29, 0.717) is 30.1 Å². The van der Waals surface area contributed by atoms with Gasteiger partial charge in [0, 0.05) is 23.8 Å². The lowest BCUT2D eigenvalue weighted by atomic mass is 9.83. The highest BCUT2D eigenvalue weighted by Crippen LogP contribution is 2.34. The molecule has 1 aromatic rings. The third-order valence-electron chi connectivity index (χ3n) is 5.30. The second-order valence-corrected chi connectivity index (χ2v) is 7.07. The van der Waals surface area contributed by atoms with E-state index in [-0.39, 0.29) is 17.9 Å². The Labute approximate surface area is 143 Å². The van der Waals surface area contributed by atoms with E-state index in [0.717, 1.165) is 12.8 Å². The van der Waals surface area contributed by atoms with E-state index in [1.54, 1.807) is 29.2 Å². The fourth-order valence-electron chi connectivity index (χ4n) is 4.05. The Bertz CT molecular complexity index is 610. The molecule has 1 saturated carbocycles. The number of carbonyl (C=O) groups is 2. The molecule has 1 heterocycles. The van der Waals surface area contributed by atoms with Crippen LogP contribution in [-0.2, 0) is 0 Å². The Balaban J connectivity index is 1.70. The second kappa shape index (κ2) is 7.34. The molecule has 130 valence electrons. The Morgan fingerprint density at radius 3 is 2.67 bits per heavy atom. The predicted octanol–water partition coefficient (Wildman–Crippen LogP) is 3.44. The summed E-state index contributed by atoms with van der Waals surface area (Å²) in [5.74, 6) is 0.466. The molecule has 0 aromatic heterocycles. The van der Waals surface area contributed by atoms with Gasteiger partial charge in [0.05, 0.1) is 6.10 Å². The second-order valence-electron chi connectivity index (χ2n) is 7.07. The summed E-state index contributed by atoms with van der Waals surface area (Å²) >= 11 is 0. The third kappa shape index (κ3) is 3.78. The number of hydrogen-bond acceptors (Lipinski definition) is 3. The van der Waals surface area contributed by atoms with Crippen molar-refractivity contribution in [3.8, 4) is 0 Å². The van der Waals surface area contributed by atoms with Gasteiger partial charge in [-0.25, -0.2) is 4.79 Å². The largest absolute Gasteiger partial charge is 0.391 e. The van der Waals surface area contributed by atoms with Gasteiger partial charge in [0.1, 0.15) is 0 Å². The zero-order valence-electron chi connectivity index (χ0n) is 14.2. The van der Waals surface area contributed by atoms with Gasteiger partial charge in [0.15, 0.2) is 5.78 Å². The van der Waals surface area contributed by atoms with Gasteiger partial charge in [-0.15, -0.1) is 0 Å². The van der Waals surface area contributed by atoms with Gasteiger partial charge in [-0.1, -0.05) is 31.4 Å². The van der Waals surface area contributed by atoms with Gasteiger partial charge in [-0.2, -0.15) is 0 Å². The highest BCUT2D eigenvalue weighted by molar-refractivity contribution is 5.96. The summed E-state index contributed by atoms with van der Waals surface area (Å²) in [5, 5.41) is 13.0. The van der Waals surface area contributed by atoms with Crippen molar-refractivity contribution in [3.63, 3.8) is 0 Å². The molecule has 2 aliphatic rings. The summed E-state index contributed by atoms with van der Waals surface area (Å²) in [4.78, 5) is 26.0. The number of anilines is 1. The first-order chi connectivity index (χ1) is 11.5. The fourth-order valence-corrected chi connectivity index (χ4v) is 4.05. The van der Waals surface area contributed by atoms with Gasteiger partial charge < -0.3 is 15.3 Å². The number of carbonyl (C=O) groups excluding carboxylic acids is 2. The van der Waals surface area contributed by atoms with E-state index >= 15 is 0 Å². The van der Waals surface area contributed by atoms with Crippen molar-refractivity contribution in [2.24, 2.45) is 5.92 Å². The van der Waals surface area contributed by atoms with Gasteiger partial charge in [-0.3, -0.25) is 4.79 Å².